The summed E-state index contributed by atoms with van der Waals surface area (Å²) in [6.45, 7) is 0. The van der Waals surface area contributed by atoms with Crippen LogP contribution in [0.5, 0.6) is 0 Å². The Kier molecular flexibility index (Phi) is 8.94. The second kappa shape index (κ2) is 15.0. The molecule has 1 unspecified atom stereocenters. The van der Waals surface area contributed by atoms with Gasteiger partial charge < -0.3 is 4.57 Å². The van der Waals surface area contributed by atoms with E-state index < -0.39 is 5.41 Å². The molecule has 1 heterocycles. The summed E-state index contributed by atoms with van der Waals surface area (Å²) >= 11 is 0. The molecule has 0 amide bonds. The molecule has 1 nitrogen and oxygen atoms in total. The van der Waals surface area contributed by atoms with E-state index in [1.54, 1.807) is 0 Å². The van der Waals surface area contributed by atoms with Crippen LogP contribution < -0.4 is 0 Å². The summed E-state index contributed by atoms with van der Waals surface area (Å²) in [6, 6.07) is 80.6. The Hall–Kier alpha value is -7.48. The van der Waals surface area contributed by atoms with E-state index in [-0.39, 0.29) is 0 Å². The van der Waals surface area contributed by atoms with E-state index in [1.165, 1.54) is 88.3 Å². The number of hydrogen-bond donors (Lipinski definition) is 0. The number of rotatable bonds is 8. The second-order valence-electron chi connectivity index (χ2n) is 16.0. The van der Waals surface area contributed by atoms with E-state index in [9.17, 15) is 0 Å². The molecule has 60 heavy (non-hydrogen) atoms. The molecule has 1 atom stereocenters. The quantitative estimate of drug-likeness (QED) is 0.136. The van der Waals surface area contributed by atoms with Crippen LogP contribution in [0.1, 0.15) is 40.2 Å². The zero-order valence-corrected chi connectivity index (χ0v) is 33.3. The van der Waals surface area contributed by atoms with E-state index in [4.69, 9.17) is 0 Å². The molecular weight excluding hydrogens is 723 g/mol. The lowest BCUT2D eigenvalue weighted by atomic mass is 9.65. The summed E-state index contributed by atoms with van der Waals surface area (Å²) in [5.41, 5.74) is 14.3. The molecule has 0 radical (unpaired) electrons. The highest BCUT2D eigenvalue weighted by molar-refractivity contribution is 6.12. The number of allylic oxidation sites excluding steroid dienone is 4. The topological polar surface area (TPSA) is 4.93 Å². The van der Waals surface area contributed by atoms with Gasteiger partial charge in [0.15, 0.2) is 0 Å². The molecule has 0 saturated carbocycles. The average Bonchev–Trinajstić information content (AvgIpc) is 3.66. The molecule has 0 aliphatic heterocycles. The van der Waals surface area contributed by atoms with E-state index in [0.29, 0.717) is 5.92 Å². The van der Waals surface area contributed by atoms with Crippen molar-refractivity contribution in [1.82, 2.24) is 4.57 Å². The van der Waals surface area contributed by atoms with E-state index in [1.807, 2.05) is 0 Å². The molecule has 0 spiro atoms. The van der Waals surface area contributed by atoms with Crippen molar-refractivity contribution in [2.75, 3.05) is 0 Å². The van der Waals surface area contributed by atoms with Crippen LogP contribution in [0.15, 0.2) is 243 Å². The van der Waals surface area contributed by atoms with Gasteiger partial charge in [-0.2, -0.15) is 0 Å². The van der Waals surface area contributed by atoms with Gasteiger partial charge >= 0.3 is 0 Å². The number of fused-ring (bicyclic) bond motifs is 4. The van der Waals surface area contributed by atoms with Crippen molar-refractivity contribution in [2.24, 2.45) is 0 Å². The minimum atomic E-state index is -0.491. The maximum absolute atomic E-state index is 2.49. The largest absolute Gasteiger partial charge is 0.309 e. The summed E-state index contributed by atoms with van der Waals surface area (Å²) < 4.78 is 2.49. The van der Waals surface area contributed by atoms with Gasteiger partial charge in [-0.1, -0.05) is 212 Å². The Morgan fingerprint density at radius 3 is 1.57 bits per heavy atom. The molecule has 1 aliphatic carbocycles. The summed E-state index contributed by atoms with van der Waals surface area (Å²) in [5.74, 6) is 0.375. The average molecular weight is 766 g/mol. The van der Waals surface area contributed by atoms with Crippen LogP contribution in [0.25, 0.3) is 60.5 Å². The molecule has 9 aromatic carbocycles. The van der Waals surface area contributed by atoms with E-state index in [2.05, 4.69) is 247 Å². The summed E-state index contributed by atoms with van der Waals surface area (Å²) in [5, 5.41) is 5.01. The highest BCUT2D eigenvalue weighted by Crippen LogP contribution is 2.46. The van der Waals surface area contributed by atoms with Crippen LogP contribution >= 0.6 is 0 Å². The highest BCUT2D eigenvalue weighted by Gasteiger charge is 2.38. The van der Waals surface area contributed by atoms with Crippen LogP contribution in [-0.4, -0.2) is 4.57 Å². The predicted octanol–water partition coefficient (Wildman–Crippen LogP) is 15.3. The second-order valence-corrected chi connectivity index (χ2v) is 16.0. The van der Waals surface area contributed by atoms with Crippen molar-refractivity contribution in [3.8, 4) is 27.9 Å². The number of nitrogens with zero attached hydrogens (tertiary/aromatic N) is 1. The maximum Gasteiger partial charge on any atom is 0.0701 e. The van der Waals surface area contributed by atoms with Crippen molar-refractivity contribution in [3.63, 3.8) is 0 Å². The van der Waals surface area contributed by atoms with Crippen molar-refractivity contribution in [3.05, 3.63) is 271 Å². The predicted molar refractivity (Wildman–Crippen MR) is 253 cm³/mol. The van der Waals surface area contributed by atoms with Crippen molar-refractivity contribution >= 4 is 32.6 Å². The van der Waals surface area contributed by atoms with Crippen LogP contribution in [0.4, 0.5) is 0 Å². The van der Waals surface area contributed by atoms with Gasteiger partial charge in [0.25, 0.3) is 0 Å². The number of hydrogen-bond acceptors (Lipinski definition) is 0. The molecule has 11 rings (SSSR count). The first-order valence-corrected chi connectivity index (χ1v) is 21.0. The monoisotopic (exact) mass is 765 g/mol. The third-order valence-corrected chi connectivity index (χ3v) is 12.7. The smallest absolute Gasteiger partial charge is 0.0701 e. The normalized spacial score (nSPS) is 14.0. The first-order chi connectivity index (χ1) is 29.8. The molecule has 284 valence electrons. The van der Waals surface area contributed by atoms with Gasteiger partial charge in [0.1, 0.15) is 0 Å². The van der Waals surface area contributed by atoms with Crippen molar-refractivity contribution in [1.29, 1.82) is 0 Å². The first kappa shape index (κ1) is 35.7. The molecule has 10 aromatic rings. The number of benzene rings is 9. The van der Waals surface area contributed by atoms with Gasteiger partial charge in [-0.05, 0) is 92.2 Å². The van der Waals surface area contributed by atoms with Gasteiger partial charge in [0, 0.05) is 22.1 Å². The van der Waals surface area contributed by atoms with Crippen molar-refractivity contribution in [2.45, 2.75) is 17.8 Å². The minimum absolute atomic E-state index is 0.375. The molecule has 0 N–H and O–H groups in total. The molecule has 1 aliphatic rings. The van der Waals surface area contributed by atoms with Gasteiger partial charge in [0.05, 0.1) is 22.1 Å². The SMILES string of the molecule is C1=CCC(c2ccc3c(c2)c2cc(-c4ccccc4)ccc2n3-c2cccc3c(-c4ccc(C(c5ccccc5)(c5ccccc5)c5ccccc5)cc4)cccc23)C=C1. The fourth-order valence-electron chi connectivity index (χ4n) is 9.87. The molecule has 1 heteroatoms. The first-order valence-electron chi connectivity index (χ1n) is 21.0. The fraction of sp³-hybridized carbons (Fsp3) is 0.0508. The van der Waals surface area contributed by atoms with E-state index in [0.717, 1.165) is 6.42 Å². The maximum atomic E-state index is 2.49. The molecule has 1 aromatic heterocycles. The molecular formula is C59H43N. The van der Waals surface area contributed by atoms with Gasteiger partial charge in [-0.15, -0.1) is 0 Å². The molecule has 0 saturated heterocycles. The Morgan fingerprint density at radius 2 is 0.933 bits per heavy atom. The lowest BCUT2D eigenvalue weighted by Gasteiger charge is -2.37. The van der Waals surface area contributed by atoms with Crippen LogP contribution in [0.2, 0.25) is 0 Å². The summed E-state index contributed by atoms with van der Waals surface area (Å²) in [6.07, 6.45) is 9.97. The lowest BCUT2D eigenvalue weighted by Crippen LogP contribution is -2.30. The Balaban J connectivity index is 1.07. The zero-order chi connectivity index (χ0) is 39.9. The van der Waals surface area contributed by atoms with Crippen LogP contribution in [0, 0.1) is 0 Å². The fourth-order valence-corrected chi connectivity index (χ4v) is 9.87. The molecule has 0 fully saturated rings. The zero-order valence-electron chi connectivity index (χ0n) is 33.3. The Labute approximate surface area is 351 Å². The van der Waals surface area contributed by atoms with Crippen molar-refractivity contribution < 1.29 is 0 Å². The third kappa shape index (κ3) is 5.93. The standard InChI is InChI=1S/C59H43N/c1-6-18-42(19-7-1)45-34-38-57-54(40-45)55-41-46(43-20-8-2-9-21-43)35-39-58(55)60(57)56-31-17-29-52-51(28-16-30-53(52)56)44-32-36-50(37-33-44)59(47-22-10-3-11-23-47,48-24-12-4-13-25-48)49-26-14-5-15-27-49/h1-20,22-41,43H,21H2. The minimum Gasteiger partial charge on any atom is -0.309 e. The summed E-state index contributed by atoms with van der Waals surface area (Å²) in [7, 11) is 0. The third-order valence-electron chi connectivity index (χ3n) is 12.7. The van der Waals surface area contributed by atoms with Gasteiger partial charge in [0.2, 0.25) is 0 Å². The summed E-state index contributed by atoms with van der Waals surface area (Å²) in [4.78, 5) is 0. The van der Waals surface area contributed by atoms with Crippen LogP contribution in [-0.2, 0) is 5.41 Å². The van der Waals surface area contributed by atoms with Gasteiger partial charge in [-0.25, -0.2) is 0 Å². The Bertz CT molecular complexity index is 3090. The van der Waals surface area contributed by atoms with Gasteiger partial charge in [-0.3, -0.25) is 0 Å². The molecule has 0 bridgehead atoms. The Morgan fingerprint density at radius 1 is 0.383 bits per heavy atom. The highest BCUT2D eigenvalue weighted by atomic mass is 15.0. The van der Waals surface area contributed by atoms with E-state index >= 15 is 0 Å². The lowest BCUT2D eigenvalue weighted by molar-refractivity contribution is 0.745. The number of aromatic nitrogens is 1. The van der Waals surface area contributed by atoms with Crippen LogP contribution in [0.3, 0.4) is 0 Å².